The summed E-state index contributed by atoms with van der Waals surface area (Å²) >= 11 is 0. The molecule has 1 heterocycles. The van der Waals surface area contributed by atoms with Crippen LogP contribution in [0.4, 0.5) is 10.1 Å². The molecule has 1 aromatic rings. The van der Waals surface area contributed by atoms with E-state index in [0.717, 1.165) is 37.9 Å². The van der Waals surface area contributed by atoms with Crippen molar-refractivity contribution in [1.82, 2.24) is 5.32 Å². The Morgan fingerprint density at radius 3 is 3.06 bits per heavy atom. The van der Waals surface area contributed by atoms with E-state index in [0.29, 0.717) is 11.7 Å². The number of hydrogen-bond acceptors (Lipinski definition) is 2. The first-order valence-corrected chi connectivity index (χ1v) is 5.99. The molecule has 0 radical (unpaired) electrons. The molecule has 1 aromatic carbocycles. The average Bonchev–Trinajstić information content (AvgIpc) is 2.52. The average molecular weight is 222 g/mol. The van der Waals surface area contributed by atoms with Crippen LogP contribution in [0.25, 0.3) is 0 Å². The quantitative estimate of drug-likeness (QED) is 0.804. The second kappa shape index (κ2) is 5.30. The van der Waals surface area contributed by atoms with E-state index >= 15 is 0 Å². The van der Waals surface area contributed by atoms with Crippen LogP contribution in [-0.2, 0) is 0 Å². The minimum Gasteiger partial charge on any atom is -0.380 e. The number of rotatable bonds is 2. The molecule has 2 rings (SSSR count). The van der Waals surface area contributed by atoms with Gasteiger partial charge in [0.25, 0.3) is 0 Å². The zero-order valence-corrected chi connectivity index (χ0v) is 9.72. The van der Waals surface area contributed by atoms with Crippen molar-refractivity contribution in [2.45, 2.75) is 32.2 Å². The van der Waals surface area contributed by atoms with E-state index in [1.807, 2.05) is 13.0 Å². The highest BCUT2D eigenvalue weighted by molar-refractivity contribution is 5.47. The lowest BCUT2D eigenvalue weighted by Gasteiger charge is -2.18. The maximum atomic E-state index is 13.5. The molecule has 16 heavy (non-hydrogen) atoms. The zero-order valence-electron chi connectivity index (χ0n) is 9.72. The first kappa shape index (κ1) is 11.4. The fourth-order valence-electron chi connectivity index (χ4n) is 2.13. The van der Waals surface area contributed by atoms with Crippen molar-refractivity contribution in [3.05, 3.63) is 29.6 Å². The summed E-state index contributed by atoms with van der Waals surface area (Å²) in [4.78, 5) is 0. The summed E-state index contributed by atoms with van der Waals surface area (Å²) < 4.78 is 13.5. The first-order valence-electron chi connectivity index (χ1n) is 5.99. The van der Waals surface area contributed by atoms with Gasteiger partial charge in [-0.25, -0.2) is 4.39 Å². The smallest absolute Gasteiger partial charge is 0.146 e. The van der Waals surface area contributed by atoms with E-state index in [2.05, 4.69) is 10.6 Å². The molecule has 0 aliphatic carbocycles. The number of halogens is 1. The van der Waals surface area contributed by atoms with Crippen LogP contribution in [-0.4, -0.2) is 19.1 Å². The van der Waals surface area contributed by atoms with Crippen molar-refractivity contribution in [2.24, 2.45) is 0 Å². The molecule has 1 fully saturated rings. The largest absolute Gasteiger partial charge is 0.380 e. The summed E-state index contributed by atoms with van der Waals surface area (Å²) in [5, 5.41) is 6.67. The van der Waals surface area contributed by atoms with Crippen molar-refractivity contribution in [2.75, 3.05) is 18.4 Å². The van der Waals surface area contributed by atoms with Gasteiger partial charge in [-0.2, -0.15) is 0 Å². The van der Waals surface area contributed by atoms with E-state index in [9.17, 15) is 4.39 Å². The summed E-state index contributed by atoms with van der Waals surface area (Å²) in [6, 6.07) is 5.61. The molecule has 0 bridgehead atoms. The lowest BCUT2D eigenvalue weighted by atomic mass is 10.1. The maximum absolute atomic E-state index is 13.5. The van der Waals surface area contributed by atoms with Gasteiger partial charge in [0.2, 0.25) is 0 Å². The van der Waals surface area contributed by atoms with Gasteiger partial charge in [0.05, 0.1) is 5.69 Å². The van der Waals surface area contributed by atoms with Crippen LogP contribution in [0.5, 0.6) is 0 Å². The van der Waals surface area contributed by atoms with E-state index in [4.69, 9.17) is 0 Å². The Labute approximate surface area is 96.2 Å². The molecule has 2 N–H and O–H groups in total. The van der Waals surface area contributed by atoms with Crippen molar-refractivity contribution >= 4 is 5.69 Å². The SMILES string of the molecule is Cc1ccc(F)c(NC2CCCNCC2)c1. The molecular formula is C13H19FN2. The Bertz CT molecular complexity index is 344. The summed E-state index contributed by atoms with van der Waals surface area (Å²) in [5.74, 6) is -0.150. The molecule has 1 atom stereocenters. The topological polar surface area (TPSA) is 24.1 Å². The Morgan fingerprint density at radius 1 is 1.31 bits per heavy atom. The predicted molar refractivity (Wildman–Crippen MR) is 65.3 cm³/mol. The molecule has 0 saturated carbocycles. The van der Waals surface area contributed by atoms with Gasteiger partial charge in [-0.15, -0.1) is 0 Å². The fourth-order valence-corrected chi connectivity index (χ4v) is 2.13. The van der Waals surface area contributed by atoms with E-state index in [1.54, 1.807) is 6.07 Å². The van der Waals surface area contributed by atoms with Gasteiger partial charge in [-0.3, -0.25) is 0 Å². The Balaban J connectivity index is 2.04. The van der Waals surface area contributed by atoms with Gasteiger partial charge in [-0.05, 0) is 57.0 Å². The highest BCUT2D eigenvalue weighted by Crippen LogP contribution is 2.19. The predicted octanol–water partition coefficient (Wildman–Crippen LogP) is 2.69. The summed E-state index contributed by atoms with van der Waals surface area (Å²) in [6.07, 6.45) is 3.33. The van der Waals surface area contributed by atoms with Crippen LogP contribution in [0.15, 0.2) is 18.2 Å². The van der Waals surface area contributed by atoms with Crippen molar-refractivity contribution < 1.29 is 4.39 Å². The third-order valence-corrected chi connectivity index (χ3v) is 3.06. The van der Waals surface area contributed by atoms with Crippen LogP contribution in [0, 0.1) is 12.7 Å². The highest BCUT2D eigenvalue weighted by atomic mass is 19.1. The molecule has 2 nitrogen and oxygen atoms in total. The number of anilines is 1. The molecule has 88 valence electrons. The Kier molecular flexibility index (Phi) is 3.78. The summed E-state index contributed by atoms with van der Waals surface area (Å²) in [5.41, 5.74) is 1.74. The molecule has 1 aliphatic rings. The molecule has 0 spiro atoms. The summed E-state index contributed by atoms with van der Waals surface area (Å²) in [7, 11) is 0. The molecule has 1 saturated heterocycles. The molecule has 1 unspecified atom stereocenters. The number of hydrogen-bond donors (Lipinski definition) is 2. The van der Waals surface area contributed by atoms with Crippen molar-refractivity contribution in [3.63, 3.8) is 0 Å². The Hall–Kier alpha value is -1.09. The van der Waals surface area contributed by atoms with E-state index in [-0.39, 0.29) is 5.82 Å². The van der Waals surface area contributed by atoms with Gasteiger partial charge in [0, 0.05) is 6.04 Å². The number of nitrogens with one attached hydrogen (secondary N) is 2. The van der Waals surface area contributed by atoms with Gasteiger partial charge in [0.1, 0.15) is 5.82 Å². The normalized spacial score (nSPS) is 21.5. The monoisotopic (exact) mass is 222 g/mol. The third-order valence-electron chi connectivity index (χ3n) is 3.06. The minimum absolute atomic E-state index is 0.150. The second-order valence-corrected chi connectivity index (χ2v) is 4.51. The first-order chi connectivity index (χ1) is 7.75. The van der Waals surface area contributed by atoms with Gasteiger partial charge < -0.3 is 10.6 Å². The standard InChI is InChI=1S/C13H19FN2/c1-10-4-5-12(14)13(9-10)16-11-3-2-7-15-8-6-11/h4-5,9,11,15-16H,2-3,6-8H2,1H3. The van der Waals surface area contributed by atoms with Crippen LogP contribution in [0.2, 0.25) is 0 Å². The van der Waals surface area contributed by atoms with Crippen LogP contribution in [0.3, 0.4) is 0 Å². The van der Waals surface area contributed by atoms with Crippen LogP contribution in [0.1, 0.15) is 24.8 Å². The fraction of sp³-hybridized carbons (Fsp3) is 0.538. The lowest BCUT2D eigenvalue weighted by Crippen LogP contribution is -2.22. The maximum Gasteiger partial charge on any atom is 0.146 e. The molecular weight excluding hydrogens is 203 g/mol. The van der Waals surface area contributed by atoms with Crippen LogP contribution < -0.4 is 10.6 Å². The van der Waals surface area contributed by atoms with E-state index < -0.39 is 0 Å². The van der Waals surface area contributed by atoms with Gasteiger partial charge in [-0.1, -0.05) is 6.07 Å². The second-order valence-electron chi connectivity index (χ2n) is 4.51. The van der Waals surface area contributed by atoms with E-state index in [1.165, 1.54) is 6.07 Å². The third kappa shape index (κ3) is 2.95. The summed E-state index contributed by atoms with van der Waals surface area (Å²) in [6.45, 7) is 4.08. The van der Waals surface area contributed by atoms with Crippen LogP contribution >= 0.6 is 0 Å². The lowest BCUT2D eigenvalue weighted by molar-refractivity contribution is 0.605. The van der Waals surface area contributed by atoms with Gasteiger partial charge >= 0.3 is 0 Å². The number of benzene rings is 1. The Morgan fingerprint density at radius 2 is 2.19 bits per heavy atom. The van der Waals surface area contributed by atoms with Gasteiger partial charge in [0.15, 0.2) is 0 Å². The molecule has 3 heteroatoms. The molecule has 1 aliphatic heterocycles. The zero-order chi connectivity index (χ0) is 11.4. The number of aryl methyl sites for hydroxylation is 1. The highest BCUT2D eigenvalue weighted by Gasteiger charge is 2.13. The molecule has 0 aromatic heterocycles. The van der Waals surface area contributed by atoms with Crippen molar-refractivity contribution in [3.8, 4) is 0 Å². The minimum atomic E-state index is -0.150. The van der Waals surface area contributed by atoms with Crippen molar-refractivity contribution in [1.29, 1.82) is 0 Å². The molecule has 0 amide bonds.